The molecule has 0 aliphatic carbocycles. The Morgan fingerprint density at radius 1 is 1.12 bits per heavy atom. The van der Waals surface area contributed by atoms with E-state index in [0.717, 1.165) is 37.9 Å². The first-order valence-electron chi connectivity index (χ1n) is 11.6. The molecule has 1 saturated heterocycles. The first-order valence-corrected chi connectivity index (χ1v) is 12.0. The molecule has 2 amide bonds. The van der Waals surface area contributed by atoms with Gasteiger partial charge in [-0.15, -0.1) is 0 Å². The van der Waals surface area contributed by atoms with Crippen LogP contribution in [0.3, 0.4) is 0 Å². The van der Waals surface area contributed by atoms with Crippen molar-refractivity contribution in [1.29, 1.82) is 0 Å². The van der Waals surface area contributed by atoms with Gasteiger partial charge in [0.15, 0.2) is 0 Å². The molecule has 1 fully saturated rings. The number of nitrogens with zero attached hydrogens (tertiary/aromatic N) is 2. The van der Waals surface area contributed by atoms with Gasteiger partial charge in [0.1, 0.15) is 11.6 Å². The molecule has 0 bridgehead atoms. The molecule has 2 aliphatic rings. The smallest absolute Gasteiger partial charge is 0.410 e. The molecular weight excluding hydrogens is 438 g/mol. The fourth-order valence-corrected chi connectivity index (χ4v) is 4.74. The molecule has 0 saturated carbocycles. The van der Waals surface area contributed by atoms with Crippen molar-refractivity contribution in [2.75, 3.05) is 23.3 Å². The second-order valence-corrected chi connectivity index (χ2v) is 10.2. The molecule has 0 aromatic heterocycles. The number of ether oxygens (including phenoxy) is 1. The number of halogens is 1. The zero-order valence-corrected chi connectivity index (χ0v) is 20.3. The molecule has 0 unspecified atom stereocenters. The SMILES string of the molecule is CC(C)(C)OC(=O)N1CCCC[C@@H]1C(=O)Nc1ccc(CN2CCc3ccccc32)c(Cl)c1. The summed E-state index contributed by atoms with van der Waals surface area (Å²) in [6, 6.07) is 13.5. The molecule has 7 heteroatoms. The monoisotopic (exact) mass is 469 g/mol. The van der Waals surface area contributed by atoms with E-state index in [1.807, 2.05) is 32.9 Å². The molecule has 2 aliphatic heterocycles. The Balaban J connectivity index is 1.42. The summed E-state index contributed by atoms with van der Waals surface area (Å²) in [6.45, 7) is 7.69. The number of fused-ring (bicyclic) bond motifs is 1. The second-order valence-electron chi connectivity index (χ2n) is 9.78. The van der Waals surface area contributed by atoms with Crippen LogP contribution < -0.4 is 10.2 Å². The summed E-state index contributed by atoms with van der Waals surface area (Å²) in [5, 5.41) is 3.57. The molecule has 0 radical (unpaired) electrons. The molecule has 0 spiro atoms. The number of hydrogen-bond acceptors (Lipinski definition) is 4. The van der Waals surface area contributed by atoms with E-state index < -0.39 is 17.7 Å². The number of nitrogens with one attached hydrogen (secondary N) is 1. The van der Waals surface area contributed by atoms with Crippen molar-refractivity contribution in [1.82, 2.24) is 4.90 Å². The van der Waals surface area contributed by atoms with Gasteiger partial charge in [0.25, 0.3) is 0 Å². The van der Waals surface area contributed by atoms with Crippen molar-refractivity contribution in [3.05, 3.63) is 58.6 Å². The lowest BCUT2D eigenvalue weighted by Gasteiger charge is -2.35. The maximum absolute atomic E-state index is 13.0. The zero-order chi connectivity index (χ0) is 23.6. The zero-order valence-electron chi connectivity index (χ0n) is 19.6. The van der Waals surface area contributed by atoms with Crippen molar-refractivity contribution in [2.24, 2.45) is 0 Å². The number of likely N-dealkylation sites (tertiary alicyclic amines) is 1. The maximum Gasteiger partial charge on any atom is 0.410 e. The van der Waals surface area contributed by atoms with Gasteiger partial charge in [-0.2, -0.15) is 0 Å². The van der Waals surface area contributed by atoms with Crippen molar-refractivity contribution in [3.63, 3.8) is 0 Å². The molecule has 6 nitrogen and oxygen atoms in total. The van der Waals surface area contributed by atoms with Crippen LogP contribution in [0.1, 0.15) is 51.2 Å². The molecular formula is C26H32ClN3O3. The van der Waals surface area contributed by atoms with Crippen LogP contribution in [0.4, 0.5) is 16.2 Å². The van der Waals surface area contributed by atoms with E-state index in [9.17, 15) is 9.59 Å². The lowest BCUT2D eigenvalue weighted by Crippen LogP contribution is -2.51. The third-order valence-electron chi connectivity index (χ3n) is 6.10. The molecule has 2 aromatic rings. The molecule has 2 aromatic carbocycles. The highest BCUT2D eigenvalue weighted by molar-refractivity contribution is 6.31. The lowest BCUT2D eigenvalue weighted by molar-refractivity contribution is -0.122. The molecule has 2 heterocycles. The first kappa shape index (κ1) is 23.4. The molecule has 176 valence electrons. The third-order valence-corrected chi connectivity index (χ3v) is 6.45. The van der Waals surface area contributed by atoms with Crippen LogP contribution in [-0.4, -0.2) is 41.6 Å². The largest absolute Gasteiger partial charge is 0.444 e. The van der Waals surface area contributed by atoms with Gasteiger partial charge in [-0.05, 0) is 75.8 Å². The Morgan fingerprint density at radius 3 is 2.67 bits per heavy atom. The average Bonchev–Trinajstić information content (AvgIpc) is 3.17. The van der Waals surface area contributed by atoms with Gasteiger partial charge >= 0.3 is 6.09 Å². The summed E-state index contributed by atoms with van der Waals surface area (Å²) in [6.07, 6.45) is 2.97. The number of carbonyl (C=O) groups excluding carboxylic acids is 2. The van der Waals surface area contributed by atoms with Gasteiger partial charge in [0, 0.05) is 36.0 Å². The number of amides is 2. The van der Waals surface area contributed by atoms with Crippen LogP contribution in [0.25, 0.3) is 0 Å². The van der Waals surface area contributed by atoms with E-state index in [0.29, 0.717) is 23.7 Å². The summed E-state index contributed by atoms with van der Waals surface area (Å²) in [5.41, 5.74) is 3.66. The Labute approximate surface area is 200 Å². The highest BCUT2D eigenvalue weighted by Crippen LogP contribution is 2.31. The average molecular weight is 470 g/mol. The van der Waals surface area contributed by atoms with E-state index in [-0.39, 0.29) is 5.91 Å². The van der Waals surface area contributed by atoms with Gasteiger partial charge in [-0.1, -0.05) is 35.9 Å². The lowest BCUT2D eigenvalue weighted by atomic mass is 10.0. The Bertz CT molecular complexity index is 1030. The Hall–Kier alpha value is -2.73. The standard InChI is InChI=1S/C26H32ClN3O3/c1-26(2,3)33-25(32)30-14-7-6-10-23(30)24(31)28-20-12-11-19(21(27)16-20)17-29-15-13-18-8-4-5-9-22(18)29/h4-5,8-9,11-12,16,23H,6-7,10,13-15,17H2,1-3H3,(H,28,31)/t23-/m1/s1. The van der Waals surface area contributed by atoms with Crippen LogP contribution in [-0.2, 0) is 22.5 Å². The highest BCUT2D eigenvalue weighted by Gasteiger charge is 2.35. The maximum atomic E-state index is 13.0. The predicted molar refractivity (Wildman–Crippen MR) is 132 cm³/mol. The van der Waals surface area contributed by atoms with E-state index in [1.165, 1.54) is 11.3 Å². The number of carbonyl (C=O) groups is 2. The Kier molecular flexibility index (Phi) is 6.84. The molecule has 1 atom stereocenters. The number of piperidine rings is 1. The van der Waals surface area contributed by atoms with E-state index >= 15 is 0 Å². The number of anilines is 2. The molecule has 1 N–H and O–H groups in total. The van der Waals surface area contributed by atoms with Crippen molar-refractivity contribution in [3.8, 4) is 0 Å². The van der Waals surface area contributed by atoms with Crippen molar-refractivity contribution >= 4 is 35.0 Å². The van der Waals surface area contributed by atoms with Crippen molar-refractivity contribution in [2.45, 2.75) is 64.6 Å². The van der Waals surface area contributed by atoms with Crippen molar-refractivity contribution < 1.29 is 14.3 Å². The Morgan fingerprint density at radius 2 is 1.91 bits per heavy atom. The minimum absolute atomic E-state index is 0.210. The number of benzene rings is 2. The van der Waals surface area contributed by atoms with E-state index in [1.54, 1.807) is 11.0 Å². The minimum atomic E-state index is -0.602. The molecule has 4 rings (SSSR count). The summed E-state index contributed by atoms with van der Waals surface area (Å²) in [4.78, 5) is 29.6. The van der Waals surface area contributed by atoms with Gasteiger partial charge < -0.3 is 15.0 Å². The summed E-state index contributed by atoms with van der Waals surface area (Å²) >= 11 is 6.59. The van der Waals surface area contributed by atoms with Crippen LogP contribution in [0.2, 0.25) is 5.02 Å². The van der Waals surface area contributed by atoms with Gasteiger partial charge in [0.05, 0.1) is 0 Å². The number of para-hydroxylation sites is 1. The minimum Gasteiger partial charge on any atom is -0.444 e. The first-order chi connectivity index (χ1) is 15.7. The van der Waals surface area contributed by atoms with Gasteiger partial charge in [-0.25, -0.2) is 4.79 Å². The van der Waals surface area contributed by atoms with E-state index in [2.05, 4.69) is 34.5 Å². The topological polar surface area (TPSA) is 61.9 Å². The molecule has 33 heavy (non-hydrogen) atoms. The number of rotatable bonds is 4. The van der Waals surface area contributed by atoms with Crippen LogP contribution in [0.5, 0.6) is 0 Å². The summed E-state index contributed by atoms with van der Waals surface area (Å²) in [7, 11) is 0. The van der Waals surface area contributed by atoms with Gasteiger partial charge in [0.2, 0.25) is 5.91 Å². The summed E-state index contributed by atoms with van der Waals surface area (Å²) < 4.78 is 5.51. The normalized spacial score (nSPS) is 18.1. The van der Waals surface area contributed by atoms with Crippen LogP contribution in [0.15, 0.2) is 42.5 Å². The van der Waals surface area contributed by atoms with Crippen LogP contribution in [0, 0.1) is 0 Å². The third kappa shape index (κ3) is 5.61. The second kappa shape index (κ2) is 9.64. The fraction of sp³-hybridized carbons (Fsp3) is 0.462. The van der Waals surface area contributed by atoms with E-state index in [4.69, 9.17) is 16.3 Å². The highest BCUT2D eigenvalue weighted by atomic mass is 35.5. The van der Waals surface area contributed by atoms with Gasteiger partial charge in [-0.3, -0.25) is 9.69 Å². The van der Waals surface area contributed by atoms with Crippen LogP contribution >= 0.6 is 11.6 Å². The fourth-order valence-electron chi connectivity index (χ4n) is 4.50. The predicted octanol–water partition coefficient (Wildman–Crippen LogP) is 5.63. The summed E-state index contributed by atoms with van der Waals surface area (Å²) in [5.74, 6) is -0.210. The quantitative estimate of drug-likeness (QED) is 0.630. The number of hydrogen-bond donors (Lipinski definition) is 1.